The Labute approximate surface area is 70.8 Å². The van der Waals surface area contributed by atoms with E-state index >= 15 is 0 Å². The molecule has 0 N–H and O–H groups in total. The molecule has 2 rings (SSSR count). The molecule has 0 spiro atoms. The van der Waals surface area contributed by atoms with E-state index in [4.69, 9.17) is 12.2 Å². The Kier molecular flexibility index (Phi) is 1.36. The van der Waals surface area contributed by atoms with Crippen molar-refractivity contribution in [3.05, 3.63) is 35.9 Å². The van der Waals surface area contributed by atoms with Crippen LogP contribution in [-0.2, 0) is 5.54 Å². The second kappa shape index (κ2) is 2.24. The van der Waals surface area contributed by atoms with Crippen molar-refractivity contribution >= 4 is 23.8 Å². The van der Waals surface area contributed by atoms with Crippen molar-refractivity contribution in [3.8, 4) is 0 Å². The Morgan fingerprint density at radius 1 is 1.27 bits per heavy atom. The quantitative estimate of drug-likeness (QED) is 0.604. The molecule has 0 saturated carbocycles. The highest BCUT2D eigenvalue weighted by atomic mass is 32.1. The summed E-state index contributed by atoms with van der Waals surface area (Å²) in [7, 11) is 0. The van der Waals surface area contributed by atoms with Crippen molar-refractivity contribution in [3.63, 3.8) is 0 Å². The zero-order valence-corrected chi connectivity index (χ0v) is 6.71. The molecule has 2 heteroatoms. The van der Waals surface area contributed by atoms with Crippen molar-refractivity contribution in [2.75, 3.05) is 0 Å². The normalized spacial score (nSPS) is 26.5. The lowest BCUT2D eigenvalue weighted by atomic mass is 10.0. The lowest BCUT2D eigenvalue weighted by Crippen LogP contribution is -2.10. The van der Waals surface area contributed by atoms with Crippen molar-refractivity contribution in [1.82, 2.24) is 0 Å². The number of hydrogen-bond donors (Lipinski definition) is 0. The maximum atomic E-state index is 4.88. The molecule has 0 saturated heterocycles. The van der Waals surface area contributed by atoms with Gasteiger partial charge in [-0.15, -0.1) is 0 Å². The predicted octanol–water partition coefficient (Wildman–Crippen LogP) is 1.97. The molecule has 1 aromatic rings. The molecule has 11 heavy (non-hydrogen) atoms. The van der Waals surface area contributed by atoms with Crippen LogP contribution in [-0.4, -0.2) is 11.6 Å². The summed E-state index contributed by atoms with van der Waals surface area (Å²) < 4.78 is 0. The van der Waals surface area contributed by atoms with Crippen LogP contribution in [0.15, 0.2) is 35.3 Å². The minimum absolute atomic E-state index is 0.226. The van der Waals surface area contributed by atoms with Gasteiger partial charge in [0, 0.05) is 11.6 Å². The number of nitrogens with zero attached hydrogens (tertiary/aromatic N) is 1. The summed E-state index contributed by atoms with van der Waals surface area (Å²) in [6.45, 7) is 0. The van der Waals surface area contributed by atoms with Crippen LogP contribution in [0, 0.1) is 0 Å². The summed E-state index contributed by atoms with van der Waals surface area (Å²) in [6, 6.07) is 10.1. The number of rotatable bonds is 2. The van der Waals surface area contributed by atoms with Gasteiger partial charge in [-0.25, -0.2) is 0 Å². The molecule has 0 aromatic heterocycles. The topological polar surface area (TPSA) is 12.4 Å². The van der Waals surface area contributed by atoms with Crippen LogP contribution in [0.1, 0.15) is 5.56 Å². The predicted molar refractivity (Wildman–Crippen MR) is 50.3 cm³/mol. The minimum atomic E-state index is -0.226. The van der Waals surface area contributed by atoms with Crippen LogP contribution in [0.5, 0.6) is 0 Å². The van der Waals surface area contributed by atoms with Crippen LogP contribution in [0.2, 0.25) is 0 Å². The van der Waals surface area contributed by atoms with E-state index in [0.717, 1.165) is 5.56 Å². The second-order valence-corrected chi connectivity index (χ2v) is 2.80. The van der Waals surface area contributed by atoms with Crippen LogP contribution in [0.3, 0.4) is 0 Å². The molecule has 0 radical (unpaired) electrons. The molecule has 1 aliphatic rings. The Hall–Kier alpha value is -1.02. The maximum absolute atomic E-state index is 4.88. The van der Waals surface area contributed by atoms with E-state index in [1.165, 1.54) is 0 Å². The van der Waals surface area contributed by atoms with E-state index in [1.54, 1.807) is 5.37 Å². The summed E-state index contributed by atoms with van der Waals surface area (Å²) in [6.07, 6.45) is 1.87. The van der Waals surface area contributed by atoms with Crippen molar-refractivity contribution < 1.29 is 0 Å². The SMILES string of the molecule is S=CC1(c2ccccc2)C=N1. The summed E-state index contributed by atoms with van der Waals surface area (Å²) in [5.41, 5.74) is 0.936. The molecule has 1 atom stereocenters. The van der Waals surface area contributed by atoms with Gasteiger partial charge in [-0.2, -0.15) is 0 Å². The molecule has 1 unspecified atom stereocenters. The number of benzene rings is 1. The van der Waals surface area contributed by atoms with Gasteiger partial charge in [-0.3, -0.25) is 4.99 Å². The number of thiocarbonyl (C=S) groups is 1. The standard InChI is InChI=1S/C9H7NS/c11-7-9(6-10-9)8-4-2-1-3-5-8/h1-7H. The molecule has 0 fully saturated rings. The molecule has 0 bridgehead atoms. The van der Waals surface area contributed by atoms with Crippen LogP contribution in [0.25, 0.3) is 0 Å². The summed E-state index contributed by atoms with van der Waals surface area (Å²) in [4.78, 5) is 4.14. The fourth-order valence-electron chi connectivity index (χ4n) is 1.05. The Bertz CT molecular complexity index is 297. The average Bonchev–Trinajstić information content (AvgIpc) is 2.86. The molecular weight excluding hydrogens is 154 g/mol. The van der Waals surface area contributed by atoms with E-state index in [0.29, 0.717) is 0 Å². The van der Waals surface area contributed by atoms with E-state index in [9.17, 15) is 0 Å². The third kappa shape index (κ3) is 0.994. The smallest absolute Gasteiger partial charge is 0.148 e. The van der Waals surface area contributed by atoms with E-state index < -0.39 is 0 Å². The highest BCUT2D eigenvalue weighted by molar-refractivity contribution is 7.79. The lowest BCUT2D eigenvalue weighted by molar-refractivity contribution is 1.00. The van der Waals surface area contributed by atoms with E-state index in [-0.39, 0.29) is 5.54 Å². The van der Waals surface area contributed by atoms with Gasteiger partial charge in [-0.05, 0) is 5.56 Å². The third-order valence-electron chi connectivity index (χ3n) is 1.82. The third-order valence-corrected chi connectivity index (χ3v) is 2.18. The van der Waals surface area contributed by atoms with E-state index in [1.807, 2.05) is 36.5 Å². The first-order valence-corrected chi connectivity index (χ1v) is 3.93. The number of aliphatic imine (C=N–C) groups is 1. The maximum Gasteiger partial charge on any atom is 0.148 e. The first kappa shape index (κ1) is 6.68. The zero-order valence-electron chi connectivity index (χ0n) is 5.90. The fraction of sp³-hybridized carbons (Fsp3) is 0.111. The molecular formula is C9H7NS. The number of hydrogen-bond acceptors (Lipinski definition) is 2. The van der Waals surface area contributed by atoms with Gasteiger partial charge in [-0.1, -0.05) is 42.5 Å². The highest BCUT2D eigenvalue weighted by Gasteiger charge is 2.35. The Morgan fingerprint density at radius 3 is 2.36 bits per heavy atom. The van der Waals surface area contributed by atoms with Crippen molar-refractivity contribution in [2.45, 2.75) is 5.54 Å². The highest BCUT2D eigenvalue weighted by Crippen LogP contribution is 2.30. The zero-order chi connectivity index (χ0) is 7.73. The van der Waals surface area contributed by atoms with Gasteiger partial charge >= 0.3 is 0 Å². The average molecular weight is 161 g/mol. The molecule has 1 nitrogen and oxygen atoms in total. The lowest BCUT2D eigenvalue weighted by Gasteiger charge is -2.05. The van der Waals surface area contributed by atoms with Gasteiger partial charge < -0.3 is 0 Å². The first-order valence-electron chi connectivity index (χ1n) is 3.46. The fourth-order valence-corrected chi connectivity index (χ4v) is 1.31. The molecule has 54 valence electrons. The van der Waals surface area contributed by atoms with Gasteiger partial charge in [0.2, 0.25) is 0 Å². The van der Waals surface area contributed by atoms with E-state index in [2.05, 4.69) is 4.99 Å². The van der Waals surface area contributed by atoms with Crippen LogP contribution >= 0.6 is 12.2 Å². The second-order valence-electron chi connectivity index (χ2n) is 2.57. The molecule has 1 heterocycles. The molecule has 1 aliphatic heterocycles. The monoisotopic (exact) mass is 161 g/mol. The summed E-state index contributed by atoms with van der Waals surface area (Å²) in [5, 5.41) is 1.70. The van der Waals surface area contributed by atoms with Gasteiger partial charge in [0.05, 0.1) is 0 Å². The molecule has 0 amide bonds. The minimum Gasteiger partial charge on any atom is -0.272 e. The first-order chi connectivity index (χ1) is 5.37. The summed E-state index contributed by atoms with van der Waals surface area (Å²) in [5.74, 6) is 0. The van der Waals surface area contributed by atoms with Crippen LogP contribution in [0.4, 0.5) is 0 Å². The van der Waals surface area contributed by atoms with Crippen molar-refractivity contribution in [1.29, 1.82) is 0 Å². The molecule has 0 aliphatic carbocycles. The van der Waals surface area contributed by atoms with Gasteiger partial charge in [0.15, 0.2) is 0 Å². The Balaban J connectivity index is 2.37. The largest absolute Gasteiger partial charge is 0.272 e. The van der Waals surface area contributed by atoms with Crippen molar-refractivity contribution in [2.24, 2.45) is 4.99 Å². The summed E-state index contributed by atoms with van der Waals surface area (Å²) >= 11 is 4.88. The Morgan fingerprint density at radius 2 is 1.91 bits per heavy atom. The molecule has 1 aromatic carbocycles. The van der Waals surface area contributed by atoms with Gasteiger partial charge in [0.25, 0.3) is 0 Å². The van der Waals surface area contributed by atoms with Gasteiger partial charge in [0.1, 0.15) is 5.54 Å². The van der Waals surface area contributed by atoms with Crippen LogP contribution < -0.4 is 0 Å².